The second-order valence-electron chi connectivity index (χ2n) is 4.22. The molecule has 1 aliphatic heterocycles. The van der Waals surface area contributed by atoms with Gasteiger partial charge in [-0.25, -0.2) is 0 Å². The molecule has 1 rings (SSSR count). The molecule has 1 fully saturated rings. The second kappa shape index (κ2) is 3.75. The Morgan fingerprint density at radius 3 is 2.58 bits per heavy atom. The number of aliphatic hydroxyl groups excluding tert-OH is 1. The third-order valence-corrected chi connectivity index (χ3v) is 3.24. The molecule has 1 N–H and O–H groups in total. The first-order valence-corrected chi connectivity index (χ1v) is 4.86. The summed E-state index contributed by atoms with van der Waals surface area (Å²) in [5.74, 6) is 0.599. The van der Waals surface area contributed by atoms with Crippen molar-refractivity contribution in [1.82, 2.24) is 0 Å². The predicted molar refractivity (Wildman–Crippen MR) is 49.0 cm³/mol. The average Bonchev–Trinajstić information content (AvgIpc) is 2.51. The van der Waals surface area contributed by atoms with Gasteiger partial charge in [0.2, 0.25) is 0 Å². The van der Waals surface area contributed by atoms with Gasteiger partial charge >= 0.3 is 0 Å². The molecule has 0 aromatic heterocycles. The lowest BCUT2D eigenvalue weighted by atomic mass is 9.77. The van der Waals surface area contributed by atoms with Crippen LogP contribution in [-0.4, -0.2) is 24.4 Å². The zero-order valence-electron chi connectivity index (χ0n) is 8.34. The Morgan fingerprint density at radius 1 is 1.58 bits per heavy atom. The fourth-order valence-electron chi connectivity index (χ4n) is 1.99. The van der Waals surface area contributed by atoms with Crippen LogP contribution in [-0.2, 0) is 4.74 Å². The molecular formula is C10H20O2. The van der Waals surface area contributed by atoms with Crippen molar-refractivity contribution in [2.45, 2.75) is 39.7 Å². The molecule has 72 valence electrons. The Labute approximate surface area is 74.9 Å². The van der Waals surface area contributed by atoms with E-state index in [4.69, 9.17) is 4.74 Å². The monoisotopic (exact) mass is 172 g/mol. The van der Waals surface area contributed by atoms with Gasteiger partial charge in [-0.05, 0) is 18.8 Å². The highest BCUT2D eigenvalue weighted by Gasteiger charge is 2.39. The van der Waals surface area contributed by atoms with Crippen LogP contribution in [0.2, 0.25) is 0 Å². The van der Waals surface area contributed by atoms with E-state index in [1.807, 2.05) is 0 Å². The van der Waals surface area contributed by atoms with Gasteiger partial charge in [0.05, 0.1) is 12.7 Å². The molecule has 0 spiro atoms. The first-order chi connectivity index (χ1) is 5.64. The van der Waals surface area contributed by atoms with Crippen LogP contribution in [0.3, 0.4) is 0 Å². The third kappa shape index (κ3) is 1.64. The fraction of sp³-hybridized carbons (Fsp3) is 1.00. The first-order valence-electron chi connectivity index (χ1n) is 4.86. The van der Waals surface area contributed by atoms with E-state index >= 15 is 0 Å². The molecule has 0 bridgehead atoms. The van der Waals surface area contributed by atoms with Gasteiger partial charge in [-0.1, -0.05) is 20.8 Å². The Hall–Kier alpha value is -0.0800. The van der Waals surface area contributed by atoms with E-state index in [0.29, 0.717) is 5.92 Å². The molecule has 3 unspecified atom stereocenters. The van der Waals surface area contributed by atoms with Crippen LogP contribution in [0.1, 0.15) is 33.6 Å². The third-order valence-electron chi connectivity index (χ3n) is 3.24. The van der Waals surface area contributed by atoms with E-state index < -0.39 is 0 Å². The first kappa shape index (κ1) is 10.0. The van der Waals surface area contributed by atoms with Gasteiger partial charge in [0.15, 0.2) is 0 Å². The van der Waals surface area contributed by atoms with Crippen molar-refractivity contribution >= 4 is 0 Å². The van der Waals surface area contributed by atoms with Gasteiger partial charge in [-0.2, -0.15) is 0 Å². The maximum Gasteiger partial charge on any atom is 0.0676 e. The number of aliphatic hydroxyl groups is 1. The second-order valence-corrected chi connectivity index (χ2v) is 4.22. The van der Waals surface area contributed by atoms with Gasteiger partial charge < -0.3 is 9.84 Å². The summed E-state index contributed by atoms with van der Waals surface area (Å²) in [5, 5.41) is 9.28. The van der Waals surface area contributed by atoms with Crippen molar-refractivity contribution in [3.05, 3.63) is 0 Å². The van der Waals surface area contributed by atoms with Gasteiger partial charge in [0.1, 0.15) is 0 Å². The standard InChI is InChI=1S/C10H20O2/c1-4-10(3,7-11)9-8(2)5-6-12-9/h8-9,11H,4-7H2,1-3H3. The van der Waals surface area contributed by atoms with Gasteiger partial charge in [-0.3, -0.25) is 0 Å². The van der Waals surface area contributed by atoms with Crippen LogP contribution in [0.5, 0.6) is 0 Å². The molecular weight excluding hydrogens is 152 g/mol. The lowest BCUT2D eigenvalue weighted by Gasteiger charge is -2.34. The molecule has 1 saturated heterocycles. The summed E-state index contributed by atoms with van der Waals surface area (Å²) in [6, 6.07) is 0. The summed E-state index contributed by atoms with van der Waals surface area (Å²) in [7, 11) is 0. The zero-order chi connectivity index (χ0) is 9.19. The lowest BCUT2D eigenvalue weighted by Crippen LogP contribution is -2.38. The molecule has 0 amide bonds. The molecule has 0 saturated carbocycles. The maximum atomic E-state index is 9.28. The summed E-state index contributed by atoms with van der Waals surface area (Å²) in [6.45, 7) is 7.53. The quantitative estimate of drug-likeness (QED) is 0.703. The van der Waals surface area contributed by atoms with Crippen LogP contribution in [0.25, 0.3) is 0 Å². The number of rotatable bonds is 3. The number of hydrogen-bond donors (Lipinski definition) is 1. The van der Waals surface area contributed by atoms with Crippen molar-refractivity contribution < 1.29 is 9.84 Å². The molecule has 1 heterocycles. The number of hydrogen-bond acceptors (Lipinski definition) is 2. The minimum atomic E-state index is -0.0318. The van der Waals surface area contributed by atoms with Gasteiger partial charge in [0.25, 0.3) is 0 Å². The fourth-order valence-corrected chi connectivity index (χ4v) is 1.99. The summed E-state index contributed by atoms with van der Waals surface area (Å²) in [5.41, 5.74) is -0.0318. The SMILES string of the molecule is CCC(C)(CO)C1OCCC1C. The van der Waals surface area contributed by atoms with E-state index in [0.717, 1.165) is 19.4 Å². The van der Waals surface area contributed by atoms with Crippen molar-refractivity contribution in [2.75, 3.05) is 13.2 Å². The molecule has 0 aromatic rings. The Kier molecular flexibility index (Phi) is 3.13. The van der Waals surface area contributed by atoms with Gasteiger partial charge in [0, 0.05) is 12.0 Å². The zero-order valence-corrected chi connectivity index (χ0v) is 8.34. The molecule has 0 aliphatic carbocycles. The average molecular weight is 172 g/mol. The van der Waals surface area contributed by atoms with Crippen LogP contribution in [0.4, 0.5) is 0 Å². The summed E-state index contributed by atoms with van der Waals surface area (Å²) in [6.07, 6.45) is 2.38. The van der Waals surface area contributed by atoms with E-state index in [1.54, 1.807) is 0 Å². The summed E-state index contributed by atoms with van der Waals surface area (Å²) in [4.78, 5) is 0. The van der Waals surface area contributed by atoms with Crippen LogP contribution in [0, 0.1) is 11.3 Å². The molecule has 12 heavy (non-hydrogen) atoms. The minimum absolute atomic E-state index is 0.0318. The Morgan fingerprint density at radius 2 is 2.25 bits per heavy atom. The topological polar surface area (TPSA) is 29.5 Å². The maximum absolute atomic E-state index is 9.28. The van der Waals surface area contributed by atoms with E-state index in [2.05, 4.69) is 20.8 Å². The highest BCUT2D eigenvalue weighted by atomic mass is 16.5. The highest BCUT2D eigenvalue weighted by Crippen LogP contribution is 2.37. The predicted octanol–water partition coefficient (Wildman–Crippen LogP) is 1.82. The van der Waals surface area contributed by atoms with Crippen molar-refractivity contribution in [3.8, 4) is 0 Å². The summed E-state index contributed by atoms with van der Waals surface area (Å²) < 4.78 is 5.65. The van der Waals surface area contributed by atoms with Crippen molar-refractivity contribution in [1.29, 1.82) is 0 Å². The smallest absolute Gasteiger partial charge is 0.0676 e. The molecule has 0 aromatic carbocycles. The van der Waals surface area contributed by atoms with Crippen LogP contribution < -0.4 is 0 Å². The normalized spacial score (nSPS) is 35.0. The Bertz CT molecular complexity index is 141. The van der Waals surface area contributed by atoms with Crippen LogP contribution in [0.15, 0.2) is 0 Å². The van der Waals surface area contributed by atoms with E-state index in [9.17, 15) is 5.11 Å². The lowest BCUT2D eigenvalue weighted by molar-refractivity contribution is -0.0409. The molecule has 1 aliphatic rings. The minimum Gasteiger partial charge on any atom is -0.396 e. The van der Waals surface area contributed by atoms with Crippen LogP contribution >= 0.6 is 0 Å². The molecule has 2 nitrogen and oxygen atoms in total. The van der Waals surface area contributed by atoms with E-state index in [1.165, 1.54) is 0 Å². The summed E-state index contributed by atoms with van der Waals surface area (Å²) >= 11 is 0. The van der Waals surface area contributed by atoms with Gasteiger partial charge in [-0.15, -0.1) is 0 Å². The molecule has 3 atom stereocenters. The van der Waals surface area contributed by atoms with Crippen molar-refractivity contribution in [2.24, 2.45) is 11.3 Å². The van der Waals surface area contributed by atoms with Crippen molar-refractivity contribution in [3.63, 3.8) is 0 Å². The largest absolute Gasteiger partial charge is 0.396 e. The molecule has 2 heteroatoms. The molecule has 0 radical (unpaired) electrons. The van der Waals surface area contributed by atoms with E-state index in [-0.39, 0.29) is 18.1 Å². The highest BCUT2D eigenvalue weighted by molar-refractivity contribution is 4.88. The number of ether oxygens (including phenoxy) is 1. The Balaban J connectivity index is 2.64.